The summed E-state index contributed by atoms with van der Waals surface area (Å²) in [5, 5.41) is 12.0. The summed E-state index contributed by atoms with van der Waals surface area (Å²) in [5.74, 6) is 0.638. The van der Waals surface area contributed by atoms with Crippen LogP contribution in [-0.4, -0.2) is 4.98 Å². The van der Waals surface area contributed by atoms with Crippen molar-refractivity contribution < 1.29 is 4.42 Å². The van der Waals surface area contributed by atoms with Gasteiger partial charge in [-0.05, 0) is 118 Å². The number of hydrogen-bond acceptors (Lipinski definition) is 2. The summed E-state index contributed by atoms with van der Waals surface area (Å²) in [6.45, 7) is 0. The summed E-state index contributed by atoms with van der Waals surface area (Å²) in [6.07, 6.45) is 0. The smallest absolute Gasteiger partial charge is 0.227 e. The second-order valence-electron chi connectivity index (χ2n) is 13.9. The molecule has 0 amide bonds. The Morgan fingerprint density at radius 3 is 1.60 bits per heavy atom. The fourth-order valence-electron chi connectivity index (χ4n) is 8.35. The van der Waals surface area contributed by atoms with E-state index in [1.165, 1.54) is 71.1 Å². The fraction of sp³-hybridized carbons (Fsp3) is 0. The van der Waals surface area contributed by atoms with E-state index in [4.69, 9.17) is 9.40 Å². The first kappa shape index (κ1) is 29.7. The van der Waals surface area contributed by atoms with Gasteiger partial charge in [-0.2, -0.15) is 0 Å². The third kappa shape index (κ3) is 4.77. The lowest BCUT2D eigenvalue weighted by atomic mass is 9.85. The molecular formula is C51H31NO. The minimum absolute atomic E-state index is 0.638. The number of benzene rings is 10. The van der Waals surface area contributed by atoms with E-state index in [0.717, 1.165) is 32.8 Å². The largest absolute Gasteiger partial charge is 0.435 e. The molecule has 2 nitrogen and oxygen atoms in total. The SMILES string of the molecule is c1ccc(-c2nc3ccc4ccc5ccc(-c6c7ccccc7c(-c7cccc(-c8ccc9ccccc9c8)c7)c7ccccc67)cc5c4c3o2)cc1. The molecule has 53 heavy (non-hydrogen) atoms. The minimum atomic E-state index is 0.638. The van der Waals surface area contributed by atoms with Gasteiger partial charge >= 0.3 is 0 Å². The summed E-state index contributed by atoms with van der Waals surface area (Å²) < 4.78 is 6.58. The molecule has 0 unspecified atom stereocenters. The number of aromatic nitrogens is 1. The quantitative estimate of drug-likeness (QED) is 0.137. The second kappa shape index (κ2) is 11.8. The molecule has 0 atom stereocenters. The number of fused-ring (bicyclic) bond motifs is 8. The van der Waals surface area contributed by atoms with Crippen LogP contribution in [0.5, 0.6) is 0 Å². The lowest BCUT2D eigenvalue weighted by Crippen LogP contribution is -1.91. The molecule has 0 aliphatic carbocycles. The molecular weight excluding hydrogens is 643 g/mol. The number of oxazole rings is 1. The minimum Gasteiger partial charge on any atom is -0.435 e. The topological polar surface area (TPSA) is 26.0 Å². The summed E-state index contributed by atoms with van der Waals surface area (Å²) in [5.41, 5.74) is 9.95. The van der Waals surface area contributed by atoms with E-state index < -0.39 is 0 Å². The van der Waals surface area contributed by atoms with Gasteiger partial charge in [-0.3, -0.25) is 0 Å². The molecule has 0 bridgehead atoms. The molecule has 11 rings (SSSR count). The van der Waals surface area contributed by atoms with Crippen molar-refractivity contribution in [3.05, 3.63) is 188 Å². The normalized spacial score (nSPS) is 11.8. The Kier molecular flexibility index (Phi) is 6.59. The third-order valence-electron chi connectivity index (χ3n) is 10.8. The zero-order valence-electron chi connectivity index (χ0n) is 28.8. The van der Waals surface area contributed by atoms with Gasteiger partial charge in [0.2, 0.25) is 5.89 Å². The lowest BCUT2D eigenvalue weighted by molar-refractivity contribution is 0.623. The molecule has 10 aromatic carbocycles. The van der Waals surface area contributed by atoms with E-state index in [2.05, 4.69) is 158 Å². The molecule has 0 saturated carbocycles. The van der Waals surface area contributed by atoms with Gasteiger partial charge in [-0.1, -0.05) is 152 Å². The highest BCUT2D eigenvalue weighted by Gasteiger charge is 2.19. The maximum absolute atomic E-state index is 6.58. The zero-order valence-corrected chi connectivity index (χ0v) is 28.8. The molecule has 1 aromatic heterocycles. The molecule has 0 radical (unpaired) electrons. The van der Waals surface area contributed by atoms with E-state index in [1.807, 2.05) is 30.3 Å². The Labute approximate surface area is 306 Å². The Balaban J connectivity index is 1.14. The zero-order chi connectivity index (χ0) is 34.9. The molecule has 0 aliphatic rings. The molecule has 2 heteroatoms. The summed E-state index contributed by atoms with van der Waals surface area (Å²) >= 11 is 0. The van der Waals surface area contributed by atoms with Crippen LogP contribution in [0, 0.1) is 0 Å². The van der Waals surface area contributed by atoms with Crippen molar-refractivity contribution in [2.24, 2.45) is 0 Å². The van der Waals surface area contributed by atoms with E-state index in [0.29, 0.717) is 5.89 Å². The monoisotopic (exact) mass is 673 g/mol. The van der Waals surface area contributed by atoms with Crippen molar-refractivity contribution >= 4 is 65.0 Å². The van der Waals surface area contributed by atoms with Crippen LogP contribution in [0.4, 0.5) is 0 Å². The van der Waals surface area contributed by atoms with Crippen LogP contribution in [0.2, 0.25) is 0 Å². The van der Waals surface area contributed by atoms with Gasteiger partial charge in [-0.15, -0.1) is 0 Å². The number of nitrogens with zero attached hydrogens (tertiary/aromatic N) is 1. The highest BCUT2D eigenvalue weighted by molar-refractivity contribution is 6.23. The van der Waals surface area contributed by atoms with E-state index in [9.17, 15) is 0 Å². The molecule has 0 aliphatic heterocycles. The summed E-state index contributed by atoms with van der Waals surface area (Å²) in [4.78, 5) is 4.91. The average molecular weight is 674 g/mol. The van der Waals surface area contributed by atoms with Gasteiger partial charge in [0.15, 0.2) is 5.58 Å². The van der Waals surface area contributed by atoms with Crippen molar-refractivity contribution in [2.45, 2.75) is 0 Å². The molecule has 0 spiro atoms. The fourth-order valence-corrected chi connectivity index (χ4v) is 8.35. The average Bonchev–Trinajstić information content (AvgIpc) is 3.67. The Morgan fingerprint density at radius 1 is 0.321 bits per heavy atom. The molecule has 11 aromatic rings. The van der Waals surface area contributed by atoms with Crippen molar-refractivity contribution in [1.29, 1.82) is 0 Å². The molecule has 0 fully saturated rings. The first-order valence-corrected chi connectivity index (χ1v) is 18.1. The third-order valence-corrected chi connectivity index (χ3v) is 10.8. The van der Waals surface area contributed by atoms with Crippen molar-refractivity contribution in [3.8, 4) is 44.8 Å². The van der Waals surface area contributed by atoms with Crippen molar-refractivity contribution in [2.75, 3.05) is 0 Å². The Morgan fingerprint density at radius 2 is 0.849 bits per heavy atom. The highest BCUT2D eigenvalue weighted by Crippen LogP contribution is 2.45. The van der Waals surface area contributed by atoms with Crippen molar-refractivity contribution in [3.63, 3.8) is 0 Å². The second-order valence-corrected chi connectivity index (χ2v) is 13.9. The molecule has 1 heterocycles. The Bertz CT molecular complexity index is 3170. The van der Waals surface area contributed by atoms with Crippen LogP contribution in [0.3, 0.4) is 0 Å². The predicted molar refractivity (Wildman–Crippen MR) is 223 cm³/mol. The first-order valence-electron chi connectivity index (χ1n) is 18.1. The van der Waals surface area contributed by atoms with Crippen LogP contribution < -0.4 is 0 Å². The van der Waals surface area contributed by atoms with Crippen LogP contribution in [0.25, 0.3) is 110 Å². The van der Waals surface area contributed by atoms with Gasteiger partial charge in [0, 0.05) is 10.9 Å². The van der Waals surface area contributed by atoms with Crippen LogP contribution in [0.15, 0.2) is 192 Å². The molecule has 0 saturated heterocycles. The standard InChI is InChI=1S/C51H31NO/c1-2-12-35(13-3-1)51-52-46-28-27-34-24-22-33-23-26-40(31-45(33)49(34)50(46)53-51)48-43-19-8-6-17-41(43)47(42-18-7-9-20-44(42)48)39-16-10-15-37(30-39)38-25-21-32-11-4-5-14-36(32)29-38/h1-31H. The van der Waals surface area contributed by atoms with Crippen molar-refractivity contribution in [1.82, 2.24) is 4.98 Å². The van der Waals surface area contributed by atoms with Gasteiger partial charge in [0.1, 0.15) is 5.52 Å². The van der Waals surface area contributed by atoms with Gasteiger partial charge in [0.05, 0.1) is 0 Å². The van der Waals surface area contributed by atoms with E-state index in [-0.39, 0.29) is 0 Å². The van der Waals surface area contributed by atoms with Gasteiger partial charge in [-0.25, -0.2) is 4.98 Å². The van der Waals surface area contributed by atoms with Crippen LogP contribution in [0.1, 0.15) is 0 Å². The van der Waals surface area contributed by atoms with E-state index in [1.54, 1.807) is 0 Å². The number of hydrogen-bond donors (Lipinski definition) is 0. The maximum atomic E-state index is 6.58. The first-order chi connectivity index (χ1) is 26.3. The number of rotatable bonds is 4. The van der Waals surface area contributed by atoms with Gasteiger partial charge < -0.3 is 4.42 Å². The molecule has 0 N–H and O–H groups in total. The maximum Gasteiger partial charge on any atom is 0.227 e. The summed E-state index contributed by atoms with van der Waals surface area (Å²) in [6, 6.07) is 67.8. The lowest BCUT2D eigenvalue weighted by Gasteiger charge is -2.18. The van der Waals surface area contributed by atoms with E-state index >= 15 is 0 Å². The van der Waals surface area contributed by atoms with Gasteiger partial charge in [0.25, 0.3) is 0 Å². The van der Waals surface area contributed by atoms with Crippen LogP contribution in [-0.2, 0) is 0 Å². The highest BCUT2D eigenvalue weighted by atomic mass is 16.3. The van der Waals surface area contributed by atoms with Crippen LogP contribution >= 0.6 is 0 Å². The Hall–Kier alpha value is -7.03. The predicted octanol–water partition coefficient (Wildman–Crippen LogP) is 14.3. The summed E-state index contributed by atoms with van der Waals surface area (Å²) in [7, 11) is 0. The molecule has 246 valence electrons.